The predicted molar refractivity (Wildman–Crippen MR) is 64.4 cm³/mol. The van der Waals surface area contributed by atoms with Crippen molar-refractivity contribution in [3.8, 4) is 11.1 Å². The number of H-pyrrole nitrogens is 1. The van der Waals surface area contributed by atoms with Crippen molar-refractivity contribution in [2.45, 2.75) is 13.5 Å². The van der Waals surface area contributed by atoms with Crippen molar-refractivity contribution in [2.75, 3.05) is 0 Å². The second-order valence-corrected chi connectivity index (χ2v) is 4.30. The van der Waals surface area contributed by atoms with Gasteiger partial charge in [-0.25, -0.2) is 0 Å². The minimum Gasteiger partial charge on any atom is -0.325 e. The Labute approximate surface area is 96.8 Å². The normalized spacial score (nSPS) is 10.6. The summed E-state index contributed by atoms with van der Waals surface area (Å²) in [6.07, 6.45) is 0. The fourth-order valence-electron chi connectivity index (χ4n) is 1.65. The first-order valence-electron chi connectivity index (χ1n) is 4.72. The number of aryl methyl sites for hydroxylation is 1. The van der Waals surface area contributed by atoms with E-state index in [-0.39, 0.29) is 0 Å². The van der Waals surface area contributed by atoms with Crippen LogP contribution in [0.1, 0.15) is 11.4 Å². The molecule has 0 atom stereocenters. The van der Waals surface area contributed by atoms with Crippen LogP contribution in [0.3, 0.4) is 0 Å². The molecule has 0 bridgehead atoms. The summed E-state index contributed by atoms with van der Waals surface area (Å²) in [5, 5.41) is 7.14. The molecular weight excluding hydrogens is 254 g/mol. The van der Waals surface area contributed by atoms with Crippen LogP contribution < -0.4 is 5.73 Å². The Kier molecular flexibility index (Phi) is 2.88. The van der Waals surface area contributed by atoms with E-state index in [9.17, 15) is 0 Å². The summed E-state index contributed by atoms with van der Waals surface area (Å²) < 4.78 is 1.06. The van der Waals surface area contributed by atoms with Gasteiger partial charge in [0.15, 0.2) is 0 Å². The lowest BCUT2D eigenvalue weighted by Crippen LogP contribution is -1.98. The van der Waals surface area contributed by atoms with E-state index >= 15 is 0 Å². The first kappa shape index (κ1) is 10.4. The van der Waals surface area contributed by atoms with Gasteiger partial charge in [0.25, 0.3) is 0 Å². The molecule has 0 radical (unpaired) electrons. The van der Waals surface area contributed by atoms with Crippen LogP contribution in [0.5, 0.6) is 0 Å². The van der Waals surface area contributed by atoms with Gasteiger partial charge < -0.3 is 5.73 Å². The van der Waals surface area contributed by atoms with Crippen molar-refractivity contribution >= 4 is 15.9 Å². The number of nitrogens with one attached hydrogen (secondary N) is 1. The summed E-state index contributed by atoms with van der Waals surface area (Å²) in [6, 6.07) is 8.13. The lowest BCUT2D eigenvalue weighted by Gasteiger charge is -2.03. The fraction of sp³-hybridized carbons (Fsp3) is 0.182. The zero-order valence-corrected chi connectivity index (χ0v) is 10.0. The number of aromatic nitrogens is 2. The maximum absolute atomic E-state index is 5.65. The standard InChI is InChI=1S/C11H12BrN3/c1-7-11(10(6-13)15-14-7)8-3-2-4-9(12)5-8/h2-5H,6,13H2,1H3,(H,14,15). The highest BCUT2D eigenvalue weighted by Crippen LogP contribution is 2.27. The molecule has 0 aliphatic carbocycles. The minimum atomic E-state index is 0.451. The van der Waals surface area contributed by atoms with Gasteiger partial charge in [-0.15, -0.1) is 0 Å². The molecule has 0 aliphatic rings. The van der Waals surface area contributed by atoms with Crippen molar-refractivity contribution in [3.05, 3.63) is 40.1 Å². The van der Waals surface area contributed by atoms with Gasteiger partial charge in [-0.3, -0.25) is 5.10 Å². The number of aromatic amines is 1. The highest BCUT2D eigenvalue weighted by molar-refractivity contribution is 9.10. The van der Waals surface area contributed by atoms with Gasteiger partial charge in [-0.05, 0) is 24.6 Å². The van der Waals surface area contributed by atoms with Crippen LogP contribution in [-0.4, -0.2) is 10.2 Å². The zero-order valence-electron chi connectivity index (χ0n) is 8.42. The smallest absolute Gasteiger partial charge is 0.0838 e. The maximum atomic E-state index is 5.65. The summed E-state index contributed by atoms with van der Waals surface area (Å²) in [5.74, 6) is 0. The van der Waals surface area contributed by atoms with Crippen molar-refractivity contribution in [2.24, 2.45) is 5.73 Å². The van der Waals surface area contributed by atoms with Crippen molar-refractivity contribution < 1.29 is 0 Å². The topological polar surface area (TPSA) is 54.7 Å². The Hall–Kier alpha value is -1.13. The molecule has 0 fully saturated rings. The number of hydrogen-bond donors (Lipinski definition) is 2. The van der Waals surface area contributed by atoms with E-state index in [2.05, 4.69) is 38.3 Å². The third kappa shape index (κ3) is 1.96. The average molecular weight is 266 g/mol. The molecule has 0 unspecified atom stereocenters. The number of nitrogens with zero attached hydrogens (tertiary/aromatic N) is 1. The van der Waals surface area contributed by atoms with Crippen LogP contribution in [0.4, 0.5) is 0 Å². The quantitative estimate of drug-likeness (QED) is 0.877. The van der Waals surface area contributed by atoms with Crippen molar-refractivity contribution in [3.63, 3.8) is 0 Å². The van der Waals surface area contributed by atoms with Crippen molar-refractivity contribution in [1.29, 1.82) is 0 Å². The van der Waals surface area contributed by atoms with Gasteiger partial charge in [0.05, 0.1) is 5.69 Å². The molecule has 1 heterocycles. The fourth-order valence-corrected chi connectivity index (χ4v) is 2.05. The third-order valence-electron chi connectivity index (χ3n) is 2.33. The second kappa shape index (κ2) is 4.16. The first-order chi connectivity index (χ1) is 7.22. The SMILES string of the molecule is Cc1[nH]nc(CN)c1-c1cccc(Br)c1. The van der Waals surface area contributed by atoms with Gasteiger partial charge in [0, 0.05) is 22.3 Å². The molecular formula is C11H12BrN3. The monoisotopic (exact) mass is 265 g/mol. The van der Waals surface area contributed by atoms with Crippen LogP contribution in [0.2, 0.25) is 0 Å². The van der Waals surface area contributed by atoms with Crippen LogP contribution in [-0.2, 0) is 6.54 Å². The van der Waals surface area contributed by atoms with E-state index in [0.29, 0.717) is 6.54 Å². The Balaban J connectivity index is 2.57. The van der Waals surface area contributed by atoms with Crippen LogP contribution in [0.15, 0.2) is 28.7 Å². The molecule has 0 saturated carbocycles. The van der Waals surface area contributed by atoms with E-state index < -0.39 is 0 Å². The molecule has 3 nitrogen and oxygen atoms in total. The number of hydrogen-bond acceptors (Lipinski definition) is 2. The van der Waals surface area contributed by atoms with Gasteiger partial charge in [0.2, 0.25) is 0 Å². The van der Waals surface area contributed by atoms with E-state index in [1.165, 1.54) is 0 Å². The number of nitrogens with two attached hydrogens (primary N) is 1. The first-order valence-corrected chi connectivity index (χ1v) is 5.51. The zero-order chi connectivity index (χ0) is 10.8. The van der Waals surface area contributed by atoms with E-state index in [1.807, 2.05) is 19.1 Å². The molecule has 3 N–H and O–H groups in total. The second-order valence-electron chi connectivity index (χ2n) is 3.38. The molecule has 0 saturated heterocycles. The van der Waals surface area contributed by atoms with Crippen LogP contribution in [0.25, 0.3) is 11.1 Å². The average Bonchev–Trinajstić information content (AvgIpc) is 2.59. The molecule has 15 heavy (non-hydrogen) atoms. The van der Waals surface area contributed by atoms with E-state index in [0.717, 1.165) is 27.0 Å². The molecule has 1 aromatic carbocycles. The Bertz CT molecular complexity index is 476. The number of rotatable bonds is 2. The summed E-state index contributed by atoms with van der Waals surface area (Å²) in [6.45, 7) is 2.45. The molecule has 0 amide bonds. The molecule has 4 heteroatoms. The lowest BCUT2D eigenvalue weighted by molar-refractivity contribution is 0.940. The van der Waals surface area contributed by atoms with Crippen LogP contribution in [0, 0.1) is 6.92 Å². The molecule has 78 valence electrons. The van der Waals surface area contributed by atoms with Gasteiger partial charge >= 0.3 is 0 Å². The van der Waals surface area contributed by atoms with E-state index in [4.69, 9.17) is 5.73 Å². The minimum absolute atomic E-state index is 0.451. The maximum Gasteiger partial charge on any atom is 0.0838 e. The van der Waals surface area contributed by atoms with Gasteiger partial charge in [0.1, 0.15) is 0 Å². The van der Waals surface area contributed by atoms with Crippen LogP contribution >= 0.6 is 15.9 Å². The molecule has 1 aromatic heterocycles. The van der Waals surface area contributed by atoms with E-state index in [1.54, 1.807) is 0 Å². The molecule has 2 rings (SSSR count). The molecule has 0 aliphatic heterocycles. The highest BCUT2D eigenvalue weighted by atomic mass is 79.9. The largest absolute Gasteiger partial charge is 0.325 e. The van der Waals surface area contributed by atoms with Gasteiger partial charge in [-0.1, -0.05) is 28.1 Å². The summed E-state index contributed by atoms with van der Waals surface area (Å²) >= 11 is 3.46. The highest BCUT2D eigenvalue weighted by Gasteiger charge is 2.10. The third-order valence-corrected chi connectivity index (χ3v) is 2.82. The summed E-state index contributed by atoms with van der Waals surface area (Å²) in [7, 11) is 0. The summed E-state index contributed by atoms with van der Waals surface area (Å²) in [5.41, 5.74) is 9.85. The predicted octanol–water partition coefficient (Wildman–Crippen LogP) is 2.61. The Morgan fingerprint density at radius 3 is 2.93 bits per heavy atom. The Morgan fingerprint density at radius 1 is 1.47 bits per heavy atom. The lowest BCUT2D eigenvalue weighted by atomic mass is 10.0. The van der Waals surface area contributed by atoms with Crippen molar-refractivity contribution in [1.82, 2.24) is 10.2 Å². The number of benzene rings is 1. The van der Waals surface area contributed by atoms with Gasteiger partial charge in [-0.2, -0.15) is 5.10 Å². The molecule has 2 aromatic rings. The Morgan fingerprint density at radius 2 is 2.27 bits per heavy atom. The summed E-state index contributed by atoms with van der Waals surface area (Å²) in [4.78, 5) is 0. The number of halogens is 1. The molecule has 0 spiro atoms.